The monoisotopic (exact) mass is 312 g/mol. The van der Waals surface area contributed by atoms with Gasteiger partial charge in [0.05, 0.1) is 5.02 Å². The molecule has 0 saturated heterocycles. The van der Waals surface area contributed by atoms with Gasteiger partial charge in [0, 0.05) is 13.7 Å². The molecule has 62 valence electrons. The maximum atomic E-state index is 12.8. The average Bonchev–Trinajstić information content (AvgIpc) is 2.29. The summed E-state index contributed by atoms with van der Waals surface area (Å²) < 4.78 is 14.7. The average molecular weight is 313 g/mol. The Labute approximate surface area is 91.5 Å². The second-order valence-corrected chi connectivity index (χ2v) is 5.04. The third-order valence-corrected chi connectivity index (χ3v) is 3.33. The van der Waals surface area contributed by atoms with E-state index in [0.29, 0.717) is 5.02 Å². The number of fused-ring (bicyclic) bond motifs is 1. The van der Waals surface area contributed by atoms with E-state index in [1.165, 1.54) is 6.07 Å². The van der Waals surface area contributed by atoms with Gasteiger partial charge in [-0.05, 0) is 40.8 Å². The summed E-state index contributed by atoms with van der Waals surface area (Å²) in [7, 11) is 0. The molecule has 0 spiro atoms. The summed E-state index contributed by atoms with van der Waals surface area (Å²) in [6, 6.07) is 5.23. The van der Waals surface area contributed by atoms with Crippen LogP contribution in [0.5, 0.6) is 0 Å². The summed E-state index contributed by atoms with van der Waals surface area (Å²) in [5.74, 6) is 0. The van der Waals surface area contributed by atoms with Crippen molar-refractivity contribution in [3.8, 4) is 0 Å². The lowest BCUT2D eigenvalue weighted by molar-refractivity contribution is 0.658. The van der Waals surface area contributed by atoms with Crippen LogP contribution in [0.25, 0.3) is 10.1 Å². The van der Waals surface area contributed by atoms with E-state index in [9.17, 15) is 4.39 Å². The van der Waals surface area contributed by atoms with Crippen LogP contribution in [0.2, 0.25) is 5.02 Å². The molecule has 0 aliphatic carbocycles. The van der Waals surface area contributed by atoms with Gasteiger partial charge < -0.3 is 0 Å². The molecule has 0 nitrogen and oxygen atoms in total. The molecular formula is C8H3ClFIS. The van der Waals surface area contributed by atoms with Gasteiger partial charge in [0.15, 0.2) is 5.13 Å². The van der Waals surface area contributed by atoms with E-state index in [1.54, 1.807) is 0 Å². The topological polar surface area (TPSA) is 0 Å². The quantitative estimate of drug-likeness (QED) is 0.636. The molecule has 0 fully saturated rings. The molecule has 12 heavy (non-hydrogen) atoms. The van der Waals surface area contributed by atoms with E-state index in [1.807, 2.05) is 12.1 Å². The van der Waals surface area contributed by atoms with Crippen molar-refractivity contribution >= 4 is 55.6 Å². The first kappa shape index (κ1) is 8.72. The fourth-order valence-corrected chi connectivity index (χ4v) is 3.23. The van der Waals surface area contributed by atoms with Gasteiger partial charge in [-0.1, -0.05) is 11.6 Å². The highest BCUT2D eigenvalue weighted by atomic mass is 127. The van der Waals surface area contributed by atoms with Gasteiger partial charge in [0.2, 0.25) is 0 Å². The van der Waals surface area contributed by atoms with Crippen molar-refractivity contribution in [1.82, 2.24) is 0 Å². The molecule has 2 rings (SSSR count). The van der Waals surface area contributed by atoms with Crippen LogP contribution in [0.15, 0.2) is 18.2 Å². The highest BCUT2D eigenvalue weighted by molar-refractivity contribution is 14.1. The lowest BCUT2D eigenvalue weighted by Crippen LogP contribution is -1.70. The second kappa shape index (κ2) is 3.12. The summed E-state index contributed by atoms with van der Waals surface area (Å²) >= 11 is 9.20. The van der Waals surface area contributed by atoms with E-state index in [-0.39, 0.29) is 5.13 Å². The number of thiophene rings is 1. The molecule has 1 heterocycles. The molecule has 0 atom stereocenters. The molecule has 2 aromatic rings. The summed E-state index contributed by atoms with van der Waals surface area (Å²) in [5.41, 5.74) is 0. The molecule has 4 heteroatoms. The Bertz CT molecular complexity index is 438. The predicted octanol–water partition coefficient (Wildman–Crippen LogP) is 4.30. The summed E-state index contributed by atoms with van der Waals surface area (Å²) in [5, 5.41) is 1.24. The SMILES string of the molecule is Fc1cc2c(Cl)cc(I)cc2s1. The zero-order chi connectivity index (χ0) is 8.72. The number of benzene rings is 1. The van der Waals surface area contributed by atoms with Crippen LogP contribution in [0.1, 0.15) is 0 Å². The zero-order valence-electron chi connectivity index (χ0n) is 5.77. The van der Waals surface area contributed by atoms with Crippen molar-refractivity contribution in [3.63, 3.8) is 0 Å². The van der Waals surface area contributed by atoms with Crippen molar-refractivity contribution in [2.45, 2.75) is 0 Å². The standard InChI is InChI=1S/C8H3ClFIS/c9-6-1-4(11)2-7-5(6)3-8(10)12-7/h1-3H. The normalized spacial score (nSPS) is 10.9. The van der Waals surface area contributed by atoms with E-state index in [4.69, 9.17) is 11.6 Å². The van der Waals surface area contributed by atoms with Gasteiger partial charge in [0.25, 0.3) is 0 Å². The van der Waals surface area contributed by atoms with Crippen LogP contribution in [-0.4, -0.2) is 0 Å². The first-order chi connectivity index (χ1) is 5.66. The molecule has 0 saturated carbocycles. The Balaban J connectivity index is 2.88. The fourth-order valence-electron chi connectivity index (χ4n) is 1.03. The van der Waals surface area contributed by atoms with Crippen molar-refractivity contribution in [2.75, 3.05) is 0 Å². The molecule has 1 aromatic heterocycles. The Kier molecular flexibility index (Phi) is 2.27. The van der Waals surface area contributed by atoms with Crippen molar-refractivity contribution in [3.05, 3.63) is 31.9 Å². The number of halogens is 3. The Hall–Kier alpha value is 0.130. The van der Waals surface area contributed by atoms with Crippen LogP contribution in [-0.2, 0) is 0 Å². The minimum Gasteiger partial charge on any atom is -0.195 e. The van der Waals surface area contributed by atoms with Gasteiger partial charge in [0.1, 0.15) is 0 Å². The summed E-state index contributed by atoms with van der Waals surface area (Å²) in [4.78, 5) is 0. The number of hydrogen-bond acceptors (Lipinski definition) is 1. The van der Waals surface area contributed by atoms with E-state index >= 15 is 0 Å². The van der Waals surface area contributed by atoms with E-state index in [0.717, 1.165) is 25.0 Å². The van der Waals surface area contributed by atoms with Gasteiger partial charge in [-0.25, -0.2) is 0 Å². The molecule has 0 aliphatic rings. The number of rotatable bonds is 0. The lowest BCUT2D eigenvalue weighted by atomic mass is 10.3. The highest BCUT2D eigenvalue weighted by Crippen LogP contribution is 2.31. The molecular weight excluding hydrogens is 310 g/mol. The van der Waals surface area contributed by atoms with Gasteiger partial charge in [-0.2, -0.15) is 4.39 Å². The van der Waals surface area contributed by atoms with Gasteiger partial charge >= 0.3 is 0 Å². The molecule has 0 N–H and O–H groups in total. The molecule has 0 aliphatic heterocycles. The Morgan fingerprint density at radius 1 is 1.33 bits per heavy atom. The third kappa shape index (κ3) is 1.45. The van der Waals surface area contributed by atoms with E-state index < -0.39 is 0 Å². The lowest BCUT2D eigenvalue weighted by Gasteiger charge is -1.93. The fraction of sp³-hybridized carbons (Fsp3) is 0. The smallest absolute Gasteiger partial charge is 0.177 e. The molecule has 0 radical (unpaired) electrons. The van der Waals surface area contributed by atoms with Crippen molar-refractivity contribution in [1.29, 1.82) is 0 Å². The zero-order valence-corrected chi connectivity index (χ0v) is 9.50. The summed E-state index contributed by atoms with van der Waals surface area (Å²) in [6.45, 7) is 0. The number of hydrogen-bond donors (Lipinski definition) is 0. The third-order valence-electron chi connectivity index (χ3n) is 1.52. The Morgan fingerprint density at radius 3 is 2.83 bits per heavy atom. The van der Waals surface area contributed by atoms with Crippen molar-refractivity contribution in [2.24, 2.45) is 0 Å². The first-order valence-electron chi connectivity index (χ1n) is 3.21. The second-order valence-electron chi connectivity index (χ2n) is 2.35. The van der Waals surface area contributed by atoms with Crippen LogP contribution in [0.3, 0.4) is 0 Å². The molecule has 0 amide bonds. The molecule has 0 bridgehead atoms. The predicted molar refractivity (Wildman–Crippen MR) is 59.5 cm³/mol. The van der Waals surface area contributed by atoms with Gasteiger partial charge in [-0.15, -0.1) is 11.3 Å². The maximum absolute atomic E-state index is 12.8. The molecule has 1 aromatic carbocycles. The summed E-state index contributed by atoms with van der Waals surface area (Å²) in [6.07, 6.45) is 0. The highest BCUT2D eigenvalue weighted by Gasteiger charge is 2.05. The first-order valence-corrected chi connectivity index (χ1v) is 5.48. The van der Waals surface area contributed by atoms with Crippen LogP contribution >= 0.6 is 45.5 Å². The maximum Gasteiger partial charge on any atom is 0.177 e. The minimum absolute atomic E-state index is 0.186. The van der Waals surface area contributed by atoms with Crippen LogP contribution < -0.4 is 0 Å². The minimum atomic E-state index is -0.186. The van der Waals surface area contributed by atoms with E-state index in [2.05, 4.69) is 22.6 Å². The van der Waals surface area contributed by atoms with Crippen LogP contribution in [0.4, 0.5) is 4.39 Å². The Morgan fingerprint density at radius 2 is 2.08 bits per heavy atom. The largest absolute Gasteiger partial charge is 0.195 e. The van der Waals surface area contributed by atoms with Crippen molar-refractivity contribution < 1.29 is 4.39 Å². The van der Waals surface area contributed by atoms with Gasteiger partial charge in [-0.3, -0.25) is 0 Å². The molecule has 0 unspecified atom stereocenters. The van der Waals surface area contributed by atoms with Crippen LogP contribution in [0, 0.1) is 8.70 Å².